The first-order valence-electron chi connectivity index (χ1n) is 6.63. The molecule has 5 nitrogen and oxygen atoms in total. The molecule has 5 heteroatoms. The Balaban J connectivity index is 2.74. The van der Waals surface area contributed by atoms with Crippen LogP contribution in [0.5, 0.6) is 0 Å². The van der Waals surface area contributed by atoms with Crippen molar-refractivity contribution in [2.45, 2.75) is 32.9 Å². The normalized spacial score (nSPS) is 13.6. The van der Waals surface area contributed by atoms with E-state index in [1.54, 1.807) is 12.1 Å². The van der Waals surface area contributed by atoms with Crippen molar-refractivity contribution in [1.82, 2.24) is 5.32 Å². The topological polar surface area (TPSA) is 75.6 Å². The SMILES string of the molecule is CCC(C)C(NCc1cccc(C(=O)O)c1)C(=O)OC. The summed E-state index contributed by atoms with van der Waals surface area (Å²) in [6.07, 6.45) is 0.849. The molecule has 0 bridgehead atoms. The molecule has 1 rings (SSSR count). The van der Waals surface area contributed by atoms with E-state index in [1.807, 2.05) is 19.9 Å². The third-order valence-corrected chi connectivity index (χ3v) is 3.37. The van der Waals surface area contributed by atoms with E-state index in [2.05, 4.69) is 5.32 Å². The van der Waals surface area contributed by atoms with E-state index in [4.69, 9.17) is 9.84 Å². The first kappa shape index (κ1) is 16.2. The number of esters is 1. The molecule has 0 fully saturated rings. The number of nitrogens with one attached hydrogen (secondary N) is 1. The zero-order valence-electron chi connectivity index (χ0n) is 12.1. The highest BCUT2D eigenvalue weighted by Gasteiger charge is 2.24. The first-order chi connectivity index (χ1) is 9.49. The van der Waals surface area contributed by atoms with Gasteiger partial charge in [-0.3, -0.25) is 4.79 Å². The molecule has 0 aliphatic heterocycles. The van der Waals surface area contributed by atoms with Crippen molar-refractivity contribution in [1.29, 1.82) is 0 Å². The zero-order chi connectivity index (χ0) is 15.1. The number of benzene rings is 1. The minimum Gasteiger partial charge on any atom is -0.478 e. The molecular formula is C15H21NO4. The van der Waals surface area contributed by atoms with E-state index >= 15 is 0 Å². The Bertz CT molecular complexity index is 473. The molecule has 0 saturated heterocycles. The largest absolute Gasteiger partial charge is 0.478 e. The van der Waals surface area contributed by atoms with Crippen molar-refractivity contribution in [2.75, 3.05) is 7.11 Å². The third-order valence-electron chi connectivity index (χ3n) is 3.37. The van der Waals surface area contributed by atoms with Crippen molar-refractivity contribution < 1.29 is 19.4 Å². The van der Waals surface area contributed by atoms with Gasteiger partial charge in [-0.05, 0) is 23.6 Å². The Morgan fingerprint density at radius 1 is 1.40 bits per heavy atom. The fourth-order valence-electron chi connectivity index (χ4n) is 1.92. The number of carbonyl (C=O) groups excluding carboxylic acids is 1. The highest BCUT2D eigenvalue weighted by molar-refractivity contribution is 5.87. The molecule has 0 aliphatic carbocycles. The van der Waals surface area contributed by atoms with Gasteiger partial charge in [-0.15, -0.1) is 0 Å². The minimum absolute atomic E-state index is 0.144. The smallest absolute Gasteiger partial charge is 0.335 e. The van der Waals surface area contributed by atoms with Crippen molar-refractivity contribution in [2.24, 2.45) is 5.92 Å². The number of rotatable bonds is 7. The number of carboxylic acids is 1. The van der Waals surface area contributed by atoms with Crippen LogP contribution in [-0.2, 0) is 16.1 Å². The molecule has 20 heavy (non-hydrogen) atoms. The lowest BCUT2D eigenvalue weighted by molar-refractivity contribution is -0.144. The fraction of sp³-hybridized carbons (Fsp3) is 0.467. The Labute approximate surface area is 118 Å². The summed E-state index contributed by atoms with van der Waals surface area (Å²) in [5.74, 6) is -1.11. The average Bonchev–Trinajstić information content (AvgIpc) is 2.46. The molecule has 2 N–H and O–H groups in total. The van der Waals surface area contributed by atoms with Gasteiger partial charge in [0.15, 0.2) is 0 Å². The first-order valence-corrected chi connectivity index (χ1v) is 6.63. The average molecular weight is 279 g/mol. The van der Waals surface area contributed by atoms with E-state index in [1.165, 1.54) is 13.2 Å². The maximum absolute atomic E-state index is 11.7. The zero-order valence-corrected chi connectivity index (χ0v) is 12.1. The van der Waals surface area contributed by atoms with Gasteiger partial charge in [-0.1, -0.05) is 32.4 Å². The van der Waals surface area contributed by atoms with Gasteiger partial charge in [-0.25, -0.2) is 4.79 Å². The van der Waals surface area contributed by atoms with Gasteiger partial charge >= 0.3 is 11.9 Å². The predicted molar refractivity (Wildman–Crippen MR) is 75.5 cm³/mol. The second kappa shape index (κ2) is 7.65. The molecule has 1 aromatic rings. The Hall–Kier alpha value is -1.88. The van der Waals surface area contributed by atoms with Crippen LogP contribution in [0.4, 0.5) is 0 Å². The Morgan fingerprint density at radius 3 is 2.65 bits per heavy atom. The number of carboxylic acid groups (broad SMARTS) is 1. The maximum atomic E-state index is 11.7. The van der Waals surface area contributed by atoms with Crippen molar-refractivity contribution in [3.8, 4) is 0 Å². The molecule has 1 aromatic carbocycles. The van der Waals surface area contributed by atoms with E-state index in [-0.39, 0.29) is 17.5 Å². The van der Waals surface area contributed by atoms with Crippen molar-refractivity contribution in [3.05, 3.63) is 35.4 Å². The van der Waals surface area contributed by atoms with Crippen LogP contribution in [0.1, 0.15) is 36.2 Å². The van der Waals surface area contributed by atoms with Crippen LogP contribution in [0.3, 0.4) is 0 Å². The molecule has 0 amide bonds. The van der Waals surface area contributed by atoms with Gasteiger partial charge in [0.05, 0.1) is 12.7 Å². The predicted octanol–water partition coefficient (Wildman–Crippen LogP) is 2.06. The van der Waals surface area contributed by atoms with Crippen LogP contribution in [0.15, 0.2) is 24.3 Å². The standard InChI is InChI=1S/C15H21NO4/c1-4-10(2)13(15(19)20-3)16-9-11-6-5-7-12(8-11)14(17)18/h5-8,10,13,16H,4,9H2,1-3H3,(H,17,18). The van der Waals surface area contributed by atoms with Crippen LogP contribution in [0.2, 0.25) is 0 Å². The second-order valence-corrected chi connectivity index (χ2v) is 4.77. The van der Waals surface area contributed by atoms with Gasteiger partial charge in [0.2, 0.25) is 0 Å². The summed E-state index contributed by atoms with van der Waals surface area (Å²) in [5, 5.41) is 12.1. The molecule has 0 aliphatic rings. The Kier molecular flexibility index (Phi) is 6.18. The number of carbonyl (C=O) groups is 2. The Morgan fingerprint density at radius 2 is 2.10 bits per heavy atom. The molecular weight excluding hydrogens is 258 g/mol. The summed E-state index contributed by atoms with van der Waals surface area (Å²) in [6, 6.07) is 6.26. The van der Waals surface area contributed by atoms with E-state index in [0.717, 1.165) is 12.0 Å². The van der Waals surface area contributed by atoms with Gasteiger partial charge in [0.1, 0.15) is 6.04 Å². The number of aromatic carboxylic acids is 1. The van der Waals surface area contributed by atoms with Gasteiger partial charge in [-0.2, -0.15) is 0 Å². The highest BCUT2D eigenvalue weighted by Crippen LogP contribution is 2.11. The van der Waals surface area contributed by atoms with Crippen molar-refractivity contribution >= 4 is 11.9 Å². The van der Waals surface area contributed by atoms with Crippen LogP contribution in [-0.4, -0.2) is 30.2 Å². The quantitative estimate of drug-likeness (QED) is 0.747. The molecule has 0 heterocycles. The lowest BCUT2D eigenvalue weighted by atomic mass is 9.99. The van der Waals surface area contributed by atoms with Gasteiger partial charge in [0, 0.05) is 6.54 Å². The number of ether oxygens (including phenoxy) is 1. The molecule has 0 radical (unpaired) electrons. The third kappa shape index (κ3) is 4.35. The summed E-state index contributed by atoms with van der Waals surface area (Å²) < 4.78 is 4.79. The molecule has 2 atom stereocenters. The molecule has 0 saturated carbocycles. The lowest BCUT2D eigenvalue weighted by Crippen LogP contribution is -2.42. The molecule has 0 spiro atoms. The van der Waals surface area contributed by atoms with E-state index < -0.39 is 12.0 Å². The van der Waals surface area contributed by atoms with Crippen LogP contribution < -0.4 is 5.32 Å². The minimum atomic E-state index is -0.960. The maximum Gasteiger partial charge on any atom is 0.335 e. The summed E-state index contributed by atoms with van der Waals surface area (Å²) in [5.41, 5.74) is 1.06. The second-order valence-electron chi connectivity index (χ2n) is 4.77. The lowest BCUT2D eigenvalue weighted by Gasteiger charge is -2.22. The van der Waals surface area contributed by atoms with Gasteiger partial charge < -0.3 is 15.2 Å². The van der Waals surface area contributed by atoms with Crippen LogP contribution in [0.25, 0.3) is 0 Å². The summed E-state index contributed by atoms with van der Waals surface area (Å²) in [7, 11) is 1.37. The monoisotopic (exact) mass is 279 g/mol. The van der Waals surface area contributed by atoms with Gasteiger partial charge in [0.25, 0.3) is 0 Å². The molecule has 110 valence electrons. The molecule has 2 unspecified atom stereocenters. The molecule has 0 aromatic heterocycles. The van der Waals surface area contributed by atoms with Crippen molar-refractivity contribution in [3.63, 3.8) is 0 Å². The number of hydrogen-bond acceptors (Lipinski definition) is 4. The number of hydrogen-bond donors (Lipinski definition) is 2. The van der Waals surface area contributed by atoms with Crippen LogP contribution in [0, 0.1) is 5.92 Å². The van der Waals surface area contributed by atoms with Crippen LogP contribution >= 0.6 is 0 Å². The fourth-order valence-corrected chi connectivity index (χ4v) is 1.92. The van der Waals surface area contributed by atoms with E-state index in [0.29, 0.717) is 6.54 Å². The number of methoxy groups -OCH3 is 1. The highest BCUT2D eigenvalue weighted by atomic mass is 16.5. The summed E-state index contributed by atoms with van der Waals surface area (Å²) >= 11 is 0. The summed E-state index contributed by atoms with van der Waals surface area (Å²) in [4.78, 5) is 22.6. The summed E-state index contributed by atoms with van der Waals surface area (Å²) in [6.45, 7) is 4.40. The van der Waals surface area contributed by atoms with E-state index in [9.17, 15) is 9.59 Å².